The summed E-state index contributed by atoms with van der Waals surface area (Å²) in [5, 5.41) is 9.23. The minimum atomic E-state index is -0.890. The Hall–Kier alpha value is -1.84. The number of nitrogens with zero attached hydrogens (tertiary/aromatic N) is 1. The van der Waals surface area contributed by atoms with Crippen LogP contribution in [-0.2, 0) is 16.0 Å². The van der Waals surface area contributed by atoms with Crippen molar-refractivity contribution in [3.63, 3.8) is 0 Å². The van der Waals surface area contributed by atoms with Crippen molar-refractivity contribution in [1.29, 1.82) is 0 Å². The van der Waals surface area contributed by atoms with E-state index in [1.807, 2.05) is 32.0 Å². The molecule has 1 fully saturated rings. The fourth-order valence-electron chi connectivity index (χ4n) is 2.87. The quantitative estimate of drug-likeness (QED) is 0.917. The van der Waals surface area contributed by atoms with Crippen LogP contribution >= 0.6 is 0 Å². The molecule has 1 heterocycles. The zero-order chi connectivity index (χ0) is 14.7. The van der Waals surface area contributed by atoms with E-state index in [9.17, 15) is 14.7 Å². The van der Waals surface area contributed by atoms with E-state index in [4.69, 9.17) is 0 Å². The molecule has 4 nitrogen and oxygen atoms in total. The normalized spacial score (nSPS) is 22.0. The average molecular weight is 275 g/mol. The van der Waals surface area contributed by atoms with Gasteiger partial charge in [-0.2, -0.15) is 0 Å². The van der Waals surface area contributed by atoms with Crippen molar-refractivity contribution in [3.8, 4) is 0 Å². The minimum Gasteiger partial charge on any atom is -0.480 e. The molecular weight excluding hydrogens is 254 g/mol. The second kappa shape index (κ2) is 6.07. The van der Waals surface area contributed by atoms with Gasteiger partial charge in [-0.25, -0.2) is 4.79 Å². The number of hydrogen-bond acceptors (Lipinski definition) is 2. The monoisotopic (exact) mass is 275 g/mol. The number of carbonyl (C=O) groups excluding carboxylic acids is 1. The Labute approximate surface area is 119 Å². The van der Waals surface area contributed by atoms with Crippen molar-refractivity contribution in [3.05, 3.63) is 35.4 Å². The van der Waals surface area contributed by atoms with E-state index in [0.29, 0.717) is 19.4 Å². The summed E-state index contributed by atoms with van der Waals surface area (Å²) in [7, 11) is 0. The summed E-state index contributed by atoms with van der Waals surface area (Å²) >= 11 is 0. The van der Waals surface area contributed by atoms with E-state index >= 15 is 0 Å². The van der Waals surface area contributed by atoms with Crippen LogP contribution in [0, 0.1) is 12.8 Å². The first-order valence-corrected chi connectivity index (χ1v) is 7.07. The number of aryl methyl sites for hydroxylation is 2. The summed E-state index contributed by atoms with van der Waals surface area (Å²) in [5.41, 5.74) is 2.30. The third-order valence-corrected chi connectivity index (χ3v) is 3.98. The predicted octanol–water partition coefficient (Wildman–Crippen LogP) is 2.25. The second-order valence-corrected chi connectivity index (χ2v) is 5.63. The molecule has 0 bridgehead atoms. The van der Waals surface area contributed by atoms with Crippen molar-refractivity contribution in [2.24, 2.45) is 5.92 Å². The van der Waals surface area contributed by atoms with Gasteiger partial charge < -0.3 is 10.0 Å². The SMILES string of the molecule is Cc1cccc(CCC(=O)N2CCC(C)C2C(=O)O)c1. The highest BCUT2D eigenvalue weighted by Gasteiger charge is 2.38. The highest BCUT2D eigenvalue weighted by atomic mass is 16.4. The number of benzene rings is 1. The lowest BCUT2D eigenvalue weighted by Gasteiger charge is -2.23. The molecule has 2 rings (SSSR count). The molecule has 1 N–H and O–H groups in total. The van der Waals surface area contributed by atoms with Crippen LogP contribution in [0.5, 0.6) is 0 Å². The molecule has 0 aliphatic carbocycles. The van der Waals surface area contributed by atoms with Crippen molar-refractivity contribution in [2.45, 2.75) is 39.2 Å². The van der Waals surface area contributed by atoms with E-state index in [1.165, 1.54) is 10.5 Å². The molecular formula is C16H21NO3. The Bertz CT molecular complexity index is 512. The minimum absolute atomic E-state index is 0.0374. The lowest BCUT2D eigenvalue weighted by molar-refractivity contribution is -0.149. The van der Waals surface area contributed by atoms with Crippen molar-refractivity contribution >= 4 is 11.9 Å². The predicted molar refractivity (Wildman–Crippen MR) is 76.4 cm³/mol. The number of amides is 1. The van der Waals surface area contributed by atoms with Crippen LogP contribution in [0.15, 0.2) is 24.3 Å². The molecule has 1 aliphatic rings. The largest absolute Gasteiger partial charge is 0.480 e. The van der Waals surface area contributed by atoms with Crippen LogP contribution in [0.4, 0.5) is 0 Å². The molecule has 1 saturated heterocycles. The van der Waals surface area contributed by atoms with Gasteiger partial charge >= 0.3 is 5.97 Å². The summed E-state index contributed by atoms with van der Waals surface area (Å²) < 4.78 is 0. The third kappa shape index (κ3) is 3.18. The molecule has 1 aromatic rings. The Morgan fingerprint density at radius 2 is 2.15 bits per heavy atom. The summed E-state index contributed by atoms with van der Waals surface area (Å²) in [5.74, 6) is -0.905. The number of hydrogen-bond donors (Lipinski definition) is 1. The third-order valence-electron chi connectivity index (χ3n) is 3.98. The van der Waals surface area contributed by atoms with Gasteiger partial charge in [-0.3, -0.25) is 4.79 Å². The van der Waals surface area contributed by atoms with Crippen LogP contribution in [0.2, 0.25) is 0 Å². The molecule has 2 atom stereocenters. The lowest BCUT2D eigenvalue weighted by Crippen LogP contribution is -2.42. The Morgan fingerprint density at radius 3 is 2.80 bits per heavy atom. The highest BCUT2D eigenvalue weighted by Crippen LogP contribution is 2.25. The van der Waals surface area contributed by atoms with Gasteiger partial charge in [0.1, 0.15) is 6.04 Å². The zero-order valence-electron chi connectivity index (χ0n) is 12.0. The highest BCUT2D eigenvalue weighted by molar-refractivity contribution is 5.84. The maximum absolute atomic E-state index is 12.2. The molecule has 20 heavy (non-hydrogen) atoms. The molecule has 1 aromatic carbocycles. The van der Waals surface area contributed by atoms with Gasteiger partial charge in [0.2, 0.25) is 5.91 Å². The Morgan fingerprint density at radius 1 is 1.40 bits per heavy atom. The van der Waals surface area contributed by atoms with Gasteiger partial charge in [0, 0.05) is 13.0 Å². The van der Waals surface area contributed by atoms with Gasteiger partial charge in [0.05, 0.1) is 0 Å². The molecule has 0 radical (unpaired) electrons. The number of aliphatic carboxylic acids is 1. The molecule has 1 amide bonds. The van der Waals surface area contributed by atoms with Crippen LogP contribution in [0.1, 0.15) is 30.9 Å². The van der Waals surface area contributed by atoms with Gasteiger partial charge in [-0.05, 0) is 31.2 Å². The van der Waals surface area contributed by atoms with Gasteiger partial charge in [0.25, 0.3) is 0 Å². The molecule has 0 spiro atoms. The van der Waals surface area contributed by atoms with Crippen LogP contribution in [0.3, 0.4) is 0 Å². The Balaban J connectivity index is 1.96. The fourth-order valence-corrected chi connectivity index (χ4v) is 2.87. The summed E-state index contributed by atoms with van der Waals surface area (Å²) in [6.45, 7) is 4.48. The maximum Gasteiger partial charge on any atom is 0.326 e. The van der Waals surface area contributed by atoms with Gasteiger partial charge in [0.15, 0.2) is 0 Å². The number of carboxylic acids is 1. The van der Waals surface area contributed by atoms with Gasteiger partial charge in [-0.15, -0.1) is 0 Å². The van der Waals surface area contributed by atoms with Crippen molar-refractivity contribution in [1.82, 2.24) is 4.90 Å². The van der Waals surface area contributed by atoms with Crippen LogP contribution in [-0.4, -0.2) is 34.5 Å². The first-order valence-electron chi connectivity index (χ1n) is 7.07. The van der Waals surface area contributed by atoms with Crippen molar-refractivity contribution < 1.29 is 14.7 Å². The van der Waals surface area contributed by atoms with E-state index in [1.54, 1.807) is 0 Å². The first-order chi connectivity index (χ1) is 9.49. The molecule has 2 unspecified atom stereocenters. The summed E-state index contributed by atoms with van der Waals surface area (Å²) in [6, 6.07) is 7.41. The first kappa shape index (κ1) is 14.6. The summed E-state index contributed by atoms with van der Waals surface area (Å²) in [4.78, 5) is 25.0. The molecule has 0 aromatic heterocycles. The van der Waals surface area contributed by atoms with E-state index in [-0.39, 0.29) is 11.8 Å². The number of carboxylic acid groups (broad SMARTS) is 1. The molecule has 4 heteroatoms. The van der Waals surface area contributed by atoms with Crippen LogP contribution in [0.25, 0.3) is 0 Å². The molecule has 108 valence electrons. The maximum atomic E-state index is 12.2. The number of likely N-dealkylation sites (tertiary alicyclic amines) is 1. The number of rotatable bonds is 4. The van der Waals surface area contributed by atoms with Gasteiger partial charge in [-0.1, -0.05) is 36.8 Å². The van der Waals surface area contributed by atoms with E-state index < -0.39 is 12.0 Å². The standard InChI is InChI=1S/C16H21NO3/c1-11-4-3-5-13(10-11)6-7-14(18)17-9-8-12(2)15(17)16(19)20/h3-5,10,12,15H,6-9H2,1-2H3,(H,19,20). The molecule has 0 saturated carbocycles. The smallest absolute Gasteiger partial charge is 0.326 e. The van der Waals surface area contributed by atoms with Crippen molar-refractivity contribution in [2.75, 3.05) is 6.54 Å². The lowest BCUT2D eigenvalue weighted by atomic mass is 10.0. The van der Waals surface area contributed by atoms with E-state index in [2.05, 4.69) is 6.07 Å². The molecule has 1 aliphatic heterocycles. The average Bonchev–Trinajstić information content (AvgIpc) is 2.78. The topological polar surface area (TPSA) is 57.6 Å². The Kier molecular flexibility index (Phi) is 4.42. The summed E-state index contributed by atoms with van der Waals surface area (Å²) in [6.07, 6.45) is 1.81. The van der Waals surface area contributed by atoms with Crippen LogP contribution < -0.4 is 0 Å². The fraction of sp³-hybridized carbons (Fsp3) is 0.500. The zero-order valence-corrected chi connectivity index (χ0v) is 12.0. The number of carbonyl (C=O) groups is 2. The second-order valence-electron chi connectivity index (χ2n) is 5.63. The van der Waals surface area contributed by atoms with E-state index in [0.717, 1.165) is 12.0 Å².